The lowest BCUT2D eigenvalue weighted by atomic mass is 10.1. The van der Waals surface area contributed by atoms with Crippen LogP contribution >= 0.6 is 11.8 Å². The summed E-state index contributed by atoms with van der Waals surface area (Å²) in [6.45, 7) is 2.97. The smallest absolute Gasteiger partial charge is 0.255 e. The van der Waals surface area contributed by atoms with E-state index in [0.29, 0.717) is 11.6 Å². The molecule has 0 spiro atoms. The van der Waals surface area contributed by atoms with Crippen LogP contribution in [0.15, 0.2) is 18.5 Å². The van der Waals surface area contributed by atoms with Crippen LogP contribution in [0.4, 0.5) is 5.69 Å². The van der Waals surface area contributed by atoms with Gasteiger partial charge in [-0.05, 0) is 31.1 Å². The van der Waals surface area contributed by atoms with Crippen molar-refractivity contribution in [1.82, 2.24) is 10.3 Å². The number of hydrogen-bond acceptors (Lipinski definition) is 4. The van der Waals surface area contributed by atoms with Gasteiger partial charge in [-0.3, -0.25) is 9.78 Å². The number of rotatable bonds is 5. The minimum Gasteiger partial charge on any atom is -0.384 e. The molecule has 0 bridgehead atoms. The Labute approximate surface area is 118 Å². The summed E-state index contributed by atoms with van der Waals surface area (Å²) in [5.41, 5.74) is 1.52. The molecule has 1 saturated heterocycles. The van der Waals surface area contributed by atoms with Gasteiger partial charge in [0.2, 0.25) is 0 Å². The van der Waals surface area contributed by atoms with Crippen molar-refractivity contribution in [3.63, 3.8) is 0 Å². The predicted molar refractivity (Wildman–Crippen MR) is 80.8 cm³/mol. The van der Waals surface area contributed by atoms with Gasteiger partial charge in [0.05, 0.1) is 11.3 Å². The van der Waals surface area contributed by atoms with E-state index in [9.17, 15) is 4.79 Å². The van der Waals surface area contributed by atoms with Gasteiger partial charge in [0.15, 0.2) is 0 Å². The zero-order valence-electron chi connectivity index (χ0n) is 11.3. The van der Waals surface area contributed by atoms with E-state index in [1.165, 1.54) is 12.2 Å². The number of thioether (sulfide) groups is 1. The van der Waals surface area contributed by atoms with Gasteiger partial charge in [-0.1, -0.05) is 6.92 Å². The molecule has 0 saturated carbocycles. The number of nitrogens with one attached hydrogen (secondary N) is 2. The first-order valence-electron chi connectivity index (χ1n) is 6.87. The first kappa shape index (κ1) is 14.2. The number of nitrogens with zero attached hydrogens (tertiary/aromatic N) is 1. The molecule has 1 aromatic rings. The van der Waals surface area contributed by atoms with Crippen molar-refractivity contribution >= 4 is 23.4 Å². The fourth-order valence-electron chi connectivity index (χ4n) is 2.11. The van der Waals surface area contributed by atoms with Gasteiger partial charge in [0.1, 0.15) is 0 Å². The van der Waals surface area contributed by atoms with Gasteiger partial charge in [-0.2, -0.15) is 11.8 Å². The van der Waals surface area contributed by atoms with E-state index < -0.39 is 0 Å². The second-order valence-electron chi connectivity index (χ2n) is 4.74. The Kier molecular flexibility index (Phi) is 5.51. The highest BCUT2D eigenvalue weighted by atomic mass is 32.2. The third kappa shape index (κ3) is 4.13. The first-order chi connectivity index (χ1) is 9.31. The number of carbonyl (C=O) groups excluding carboxylic acids is 1. The van der Waals surface area contributed by atoms with Gasteiger partial charge in [-0.25, -0.2) is 0 Å². The van der Waals surface area contributed by atoms with E-state index in [4.69, 9.17) is 0 Å². The van der Waals surface area contributed by atoms with Crippen LogP contribution in [0.2, 0.25) is 0 Å². The summed E-state index contributed by atoms with van der Waals surface area (Å²) < 4.78 is 0. The van der Waals surface area contributed by atoms with Crippen LogP contribution < -0.4 is 10.6 Å². The number of amides is 1. The summed E-state index contributed by atoms with van der Waals surface area (Å²) in [5, 5.41) is 6.39. The van der Waals surface area contributed by atoms with Gasteiger partial charge in [-0.15, -0.1) is 0 Å². The van der Waals surface area contributed by atoms with Gasteiger partial charge >= 0.3 is 0 Å². The number of anilines is 1. The van der Waals surface area contributed by atoms with E-state index in [-0.39, 0.29) is 5.91 Å². The summed E-state index contributed by atoms with van der Waals surface area (Å²) in [7, 11) is 0. The maximum Gasteiger partial charge on any atom is 0.255 e. The highest BCUT2D eigenvalue weighted by Gasteiger charge is 2.18. The highest BCUT2D eigenvalue weighted by Crippen LogP contribution is 2.19. The molecule has 2 rings (SSSR count). The van der Waals surface area contributed by atoms with Crippen molar-refractivity contribution in [1.29, 1.82) is 0 Å². The SMILES string of the molecule is CCCNc1ccncc1C(=O)NC1CCCSC1. The monoisotopic (exact) mass is 279 g/mol. The van der Waals surface area contributed by atoms with Gasteiger partial charge in [0.25, 0.3) is 5.91 Å². The second-order valence-corrected chi connectivity index (χ2v) is 5.89. The molecule has 0 radical (unpaired) electrons. The molecular formula is C14H21N3OS. The Bertz CT molecular complexity index is 419. The predicted octanol–water partition coefficient (Wildman–Crippen LogP) is 2.53. The maximum absolute atomic E-state index is 12.3. The fourth-order valence-corrected chi connectivity index (χ4v) is 3.18. The number of pyridine rings is 1. The molecular weight excluding hydrogens is 258 g/mol. The first-order valence-corrected chi connectivity index (χ1v) is 8.03. The summed E-state index contributed by atoms with van der Waals surface area (Å²) in [6.07, 6.45) is 6.65. The Morgan fingerprint density at radius 1 is 1.58 bits per heavy atom. The molecule has 0 aliphatic carbocycles. The average Bonchev–Trinajstić information content (AvgIpc) is 2.46. The standard InChI is InChI=1S/C14H21N3OS/c1-2-6-16-13-5-7-15-9-12(13)14(18)17-11-4-3-8-19-10-11/h5,7,9,11H,2-4,6,8,10H2,1H3,(H,15,16)(H,17,18). The summed E-state index contributed by atoms with van der Waals surface area (Å²) in [5.74, 6) is 2.21. The van der Waals surface area contributed by atoms with Crippen LogP contribution in [0, 0.1) is 0 Å². The third-order valence-corrected chi connectivity index (χ3v) is 4.34. The molecule has 1 aromatic heterocycles. The molecule has 1 amide bonds. The Balaban J connectivity index is 2.00. The molecule has 0 aromatic carbocycles. The van der Waals surface area contributed by atoms with Crippen molar-refractivity contribution in [3.8, 4) is 0 Å². The zero-order chi connectivity index (χ0) is 13.5. The van der Waals surface area contributed by atoms with Crippen molar-refractivity contribution in [2.75, 3.05) is 23.4 Å². The van der Waals surface area contributed by atoms with Crippen LogP contribution in [0.3, 0.4) is 0 Å². The molecule has 19 heavy (non-hydrogen) atoms. The van der Waals surface area contributed by atoms with Crippen molar-refractivity contribution in [3.05, 3.63) is 24.0 Å². The van der Waals surface area contributed by atoms with Crippen LogP contribution in [0.1, 0.15) is 36.5 Å². The molecule has 2 heterocycles. The Morgan fingerprint density at radius 3 is 3.21 bits per heavy atom. The third-order valence-electron chi connectivity index (χ3n) is 3.13. The van der Waals surface area contributed by atoms with Crippen LogP contribution in [-0.2, 0) is 0 Å². The minimum absolute atomic E-state index is 0.0146. The van der Waals surface area contributed by atoms with Crippen LogP contribution in [0.5, 0.6) is 0 Å². The lowest BCUT2D eigenvalue weighted by Crippen LogP contribution is -2.38. The molecule has 4 nitrogen and oxygen atoms in total. The van der Waals surface area contributed by atoms with Gasteiger partial charge in [0, 0.05) is 30.7 Å². The molecule has 5 heteroatoms. The Morgan fingerprint density at radius 2 is 2.47 bits per heavy atom. The van der Waals surface area contributed by atoms with E-state index >= 15 is 0 Å². The molecule has 104 valence electrons. The van der Waals surface area contributed by atoms with E-state index in [2.05, 4.69) is 22.5 Å². The van der Waals surface area contributed by atoms with E-state index in [1.807, 2.05) is 17.8 Å². The topological polar surface area (TPSA) is 54.0 Å². The number of aromatic nitrogens is 1. The zero-order valence-corrected chi connectivity index (χ0v) is 12.1. The fraction of sp³-hybridized carbons (Fsp3) is 0.571. The summed E-state index contributed by atoms with van der Waals surface area (Å²) in [4.78, 5) is 16.4. The molecule has 1 unspecified atom stereocenters. The lowest BCUT2D eigenvalue weighted by Gasteiger charge is -2.23. The van der Waals surface area contributed by atoms with Crippen LogP contribution in [-0.4, -0.2) is 35.0 Å². The molecule has 1 atom stereocenters. The number of hydrogen-bond donors (Lipinski definition) is 2. The van der Waals surface area contributed by atoms with Crippen LogP contribution in [0.25, 0.3) is 0 Å². The molecule has 2 N–H and O–H groups in total. The van der Waals surface area contributed by atoms with Crippen molar-refractivity contribution in [2.24, 2.45) is 0 Å². The minimum atomic E-state index is -0.0146. The Hall–Kier alpha value is -1.23. The molecule has 1 aliphatic heterocycles. The largest absolute Gasteiger partial charge is 0.384 e. The van der Waals surface area contributed by atoms with Crippen molar-refractivity contribution < 1.29 is 4.79 Å². The van der Waals surface area contributed by atoms with Crippen molar-refractivity contribution in [2.45, 2.75) is 32.2 Å². The highest BCUT2D eigenvalue weighted by molar-refractivity contribution is 7.99. The van der Waals surface area contributed by atoms with Gasteiger partial charge < -0.3 is 10.6 Å². The summed E-state index contributed by atoms with van der Waals surface area (Å²) in [6, 6.07) is 2.16. The molecule has 1 aliphatic rings. The molecule has 1 fully saturated rings. The summed E-state index contributed by atoms with van der Waals surface area (Å²) >= 11 is 1.91. The number of carbonyl (C=O) groups is 1. The second kappa shape index (κ2) is 7.38. The lowest BCUT2D eigenvalue weighted by molar-refractivity contribution is 0.0939. The maximum atomic E-state index is 12.3. The normalized spacial score (nSPS) is 18.9. The van der Waals surface area contributed by atoms with E-state index in [0.717, 1.165) is 30.8 Å². The average molecular weight is 279 g/mol. The quantitative estimate of drug-likeness (QED) is 0.869. The van der Waals surface area contributed by atoms with E-state index in [1.54, 1.807) is 12.4 Å².